The van der Waals surface area contributed by atoms with Gasteiger partial charge in [0.15, 0.2) is 0 Å². The summed E-state index contributed by atoms with van der Waals surface area (Å²) < 4.78 is 0. The van der Waals surface area contributed by atoms with Gasteiger partial charge < -0.3 is 15.3 Å². The summed E-state index contributed by atoms with van der Waals surface area (Å²) in [5.74, 6) is 0.0833. The number of aliphatic hydroxyl groups is 3. The lowest BCUT2D eigenvalue weighted by Gasteiger charge is -2.17. The van der Waals surface area contributed by atoms with E-state index in [0.717, 1.165) is 26.4 Å². The van der Waals surface area contributed by atoms with Gasteiger partial charge in [0.25, 0.3) is 0 Å². The molecule has 2 unspecified atom stereocenters. The van der Waals surface area contributed by atoms with Crippen LogP contribution in [0.3, 0.4) is 0 Å². The van der Waals surface area contributed by atoms with Gasteiger partial charge in [-0.2, -0.15) is 0 Å². The van der Waals surface area contributed by atoms with Crippen molar-refractivity contribution in [2.45, 2.75) is 39.2 Å². The Hall–Kier alpha value is 0.460. The van der Waals surface area contributed by atoms with Gasteiger partial charge in [-0.05, 0) is 12.8 Å². The minimum Gasteiger partial charge on any atom is -0.400 e. The summed E-state index contributed by atoms with van der Waals surface area (Å²) in [5.41, 5.74) is 0. The fraction of sp³-hybridized carbons (Fsp3) is 1.00. The molecule has 0 bridgehead atoms. The first-order valence-corrected chi connectivity index (χ1v) is 6.10. The van der Waals surface area contributed by atoms with E-state index in [9.17, 15) is 5.11 Å². The lowest BCUT2D eigenvalue weighted by molar-refractivity contribution is 0.0584. The molecule has 0 saturated carbocycles. The van der Waals surface area contributed by atoms with E-state index in [0.29, 0.717) is 0 Å². The molecule has 0 fully saturated rings. The molecule has 0 aromatic heterocycles. The van der Waals surface area contributed by atoms with Crippen molar-refractivity contribution in [2.24, 2.45) is 5.92 Å². The summed E-state index contributed by atoms with van der Waals surface area (Å²) in [4.78, 5) is 0. The van der Waals surface area contributed by atoms with Gasteiger partial charge in [-0.3, -0.25) is 0 Å². The van der Waals surface area contributed by atoms with Crippen LogP contribution in [0.2, 0.25) is 0 Å². The normalized spacial score (nSPS) is 12.8. The Morgan fingerprint density at radius 1 is 1.13 bits per heavy atom. The molecule has 0 heterocycles. The monoisotopic (exact) mass is 262 g/mol. The van der Waals surface area contributed by atoms with Crippen molar-refractivity contribution >= 4 is 23.2 Å². The van der Waals surface area contributed by atoms with Crippen LogP contribution >= 0.6 is 23.2 Å². The van der Waals surface area contributed by atoms with E-state index >= 15 is 0 Å². The lowest BCUT2D eigenvalue weighted by atomic mass is 9.97. The zero-order valence-corrected chi connectivity index (χ0v) is 11.3. The molecule has 0 aromatic rings. The molecule has 5 heteroatoms. The zero-order valence-electron chi connectivity index (χ0n) is 9.79. The molecule has 3 nitrogen and oxygen atoms in total. The van der Waals surface area contributed by atoms with Gasteiger partial charge in [-0.25, -0.2) is 0 Å². The molecule has 0 saturated heterocycles. The Morgan fingerprint density at radius 2 is 1.53 bits per heavy atom. The van der Waals surface area contributed by atoms with Gasteiger partial charge in [-0.1, -0.05) is 20.3 Å². The second-order valence-corrected chi connectivity index (χ2v) is 3.62. The maximum atomic E-state index is 9.35. The highest BCUT2D eigenvalue weighted by atomic mass is 35.5. The first-order chi connectivity index (χ1) is 7.17. The summed E-state index contributed by atoms with van der Waals surface area (Å²) in [6.07, 6.45) is 2.34. The molecule has 96 valence electrons. The van der Waals surface area contributed by atoms with Gasteiger partial charge >= 0.3 is 0 Å². The van der Waals surface area contributed by atoms with E-state index in [4.69, 9.17) is 33.4 Å². The molecule has 0 aromatic carbocycles. The summed E-state index contributed by atoms with van der Waals surface area (Å²) in [5, 5.41) is 25.3. The Morgan fingerprint density at radius 3 is 1.73 bits per heavy atom. The number of hydrogen-bond acceptors (Lipinski definition) is 3. The molecule has 0 radical (unpaired) electrons. The summed E-state index contributed by atoms with van der Waals surface area (Å²) in [6.45, 7) is 4.13. The van der Waals surface area contributed by atoms with E-state index in [1.807, 2.05) is 13.8 Å². The predicted molar refractivity (Wildman–Crippen MR) is 66.5 cm³/mol. The van der Waals surface area contributed by atoms with Gasteiger partial charge in [0, 0.05) is 19.6 Å². The fourth-order valence-electron chi connectivity index (χ4n) is 1.05. The van der Waals surface area contributed by atoms with Crippen molar-refractivity contribution in [1.29, 1.82) is 0 Å². The molecule has 15 heavy (non-hydrogen) atoms. The highest BCUT2D eigenvalue weighted by Crippen LogP contribution is 2.11. The first-order valence-electron chi connectivity index (χ1n) is 5.03. The molecule has 0 aliphatic carbocycles. The van der Waals surface area contributed by atoms with Gasteiger partial charge in [-0.15, -0.1) is 23.2 Å². The van der Waals surface area contributed by atoms with Crippen molar-refractivity contribution in [3.05, 3.63) is 0 Å². The third-order valence-corrected chi connectivity index (χ3v) is 1.89. The zero-order chi connectivity index (χ0) is 12.7. The molecule has 3 N–H and O–H groups in total. The fourth-order valence-corrected chi connectivity index (χ4v) is 1.05. The maximum Gasteiger partial charge on any atom is 0.0967 e. The smallest absolute Gasteiger partial charge is 0.0967 e. The number of alkyl halides is 2. The molecule has 0 aliphatic heterocycles. The third-order valence-electron chi connectivity index (χ3n) is 1.89. The van der Waals surface area contributed by atoms with Crippen molar-refractivity contribution in [3.8, 4) is 0 Å². The quantitative estimate of drug-likeness (QED) is 0.666. The van der Waals surface area contributed by atoms with Gasteiger partial charge in [0.05, 0.1) is 11.4 Å². The highest BCUT2D eigenvalue weighted by Gasteiger charge is 2.14. The highest BCUT2D eigenvalue weighted by molar-refractivity contribution is 6.40. The van der Waals surface area contributed by atoms with E-state index in [1.165, 1.54) is 0 Å². The molecule has 0 rings (SSSR count). The van der Waals surface area contributed by atoms with E-state index in [1.54, 1.807) is 0 Å². The second-order valence-electron chi connectivity index (χ2n) is 2.81. The lowest BCUT2D eigenvalue weighted by Crippen LogP contribution is -2.22. The standard InChI is InChI=1S/C8H18O2.CH2Cl2.CH4O/c1-3-5-8(10)7(4-2)6-9;2-1-3;1-2/h7-10H,3-6H2,1-2H3;1H2;2H,1H3. The topological polar surface area (TPSA) is 60.7 Å². The number of halogens is 2. The Bertz CT molecular complexity index is 90.7. The molecular formula is C10H24Cl2O3. The molecular weight excluding hydrogens is 239 g/mol. The van der Waals surface area contributed by atoms with Crippen LogP contribution in [-0.2, 0) is 0 Å². The van der Waals surface area contributed by atoms with Crippen LogP contribution < -0.4 is 0 Å². The van der Waals surface area contributed by atoms with Crippen LogP contribution in [0.5, 0.6) is 0 Å². The van der Waals surface area contributed by atoms with Gasteiger partial charge in [0.1, 0.15) is 0 Å². The third kappa shape index (κ3) is 17.1. The summed E-state index contributed by atoms with van der Waals surface area (Å²) in [7, 11) is 1.00. The second kappa shape index (κ2) is 19.9. The SMILES string of the molecule is CCCC(O)C(CC)CO.CO.ClCCl. The summed E-state index contributed by atoms with van der Waals surface area (Å²) in [6, 6.07) is 0. The predicted octanol–water partition coefficient (Wildman–Crippen LogP) is 2.20. The largest absolute Gasteiger partial charge is 0.400 e. The first kappa shape index (κ1) is 20.8. The van der Waals surface area contributed by atoms with Gasteiger partial charge in [0.2, 0.25) is 0 Å². The van der Waals surface area contributed by atoms with Crippen LogP contribution in [0, 0.1) is 5.92 Å². The number of rotatable bonds is 5. The Balaban J connectivity index is -0.000000245. The van der Waals surface area contributed by atoms with Crippen molar-refractivity contribution in [3.63, 3.8) is 0 Å². The minimum atomic E-state index is -0.306. The molecule has 2 atom stereocenters. The summed E-state index contributed by atoms with van der Waals surface area (Å²) >= 11 is 9.53. The van der Waals surface area contributed by atoms with Crippen LogP contribution in [0.1, 0.15) is 33.1 Å². The van der Waals surface area contributed by atoms with E-state index in [2.05, 4.69) is 0 Å². The molecule has 0 aliphatic rings. The number of hydrogen-bond donors (Lipinski definition) is 3. The van der Waals surface area contributed by atoms with Crippen molar-refractivity contribution < 1.29 is 15.3 Å². The van der Waals surface area contributed by atoms with Crippen LogP contribution in [-0.4, -0.2) is 40.5 Å². The minimum absolute atomic E-state index is 0.0833. The van der Waals surface area contributed by atoms with E-state index in [-0.39, 0.29) is 24.0 Å². The van der Waals surface area contributed by atoms with Crippen molar-refractivity contribution in [1.82, 2.24) is 0 Å². The Kier molecular flexibility index (Phi) is 27.7. The average Bonchev–Trinajstić information content (AvgIpc) is 2.24. The van der Waals surface area contributed by atoms with Crippen LogP contribution in [0.25, 0.3) is 0 Å². The van der Waals surface area contributed by atoms with E-state index < -0.39 is 0 Å². The molecule has 0 spiro atoms. The average molecular weight is 263 g/mol. The van der Waals surface area contributed by atoms with Crippen LogP contribution in [0.4, 0.5) is 0 Å². The Labute approximate surface area is 103 Å². The maximum absolute atomic E-state index is 9.35. The van der Waals surface area contributed by atoms with Crippen LogP contribution in [0.15, 0.2) is 0 Å². The van der Waals surface area contributed by atoms with Crippen molar-refractivity contribution in [2.75, 3.05) is 19.1 Å². The number of aliphatic hydroxyl groups excluding tert-OH is 3. The molecule has 0 amide bonds.